The van der Waals surface area contributed by atoms with Gasteiger partial charge in [0.15, 0.2) is 29.8 Å². The number of rotatable bonds is 15. The lowest BCUT2D eigenvalue weighted by molar-refractivity contribution is -0.470. The Morgan fingerprint density at radius 1 is 0.579 bits per heavy atom. The predicted octanol–water partition coefficient (Wildman–Crippen LogP) is -8.65. The van der Waals surface area contributed by atoms with Crippen LogP contribution in [0.25, 0.3) is 0 Å². The maximum absolute atomic E-state index is 10.7. The van der Waals surface area contributed by atoms with E-state index in [4.69, 9.17) is 10.2 Å². The van der Waals surface area contributed by atoms with Crippen molar-refractivity contribution >= 4 is 5.97 Å². The zero-order chi connectivity index (χ0) is 29.6. The molecule has 0 aromatic carbocycles. The number of carbonyl (C=O) groups is 1. The van der Waals surface area contributed by atoms with Gasteiger partial charge in [0.25, 0.3) is 0 Å². The molecule has 1 aliphatic rings. The quantitative estimate of drug-likeness (QED) is 0.0643. The van der Waals surface area contributed by atoms with E-state index >= 15 is 0 Å². The molecule has 1 aliphatic heterocycles. The SMILES string of the molecule is O=C(O)C(O)C(O)C(O)C(O)C(O)C(O)C(O)C1OOOC1C(O)/C(O)=C(\O)C(O)C(O)C(O)C(O)CO. The highest BCUT2D eigenvalue weighted by molar-refractivity contribution is 5.72. The average Bonchev–Trinajstić information content (AvgIpc) is 3.40. The van der Waals surface area contributed by atoms with E-state index < -0.39 is 110 Å². The predicted molar refractivity (Wildman–Crippen MR) is 110 cm³/mol. The van der Waals surface area contributed by atoms with Gasteiger partial charge >= 0.3 is 5.97 Å². The van der Waals surface area contributed by atoms with Crippen LogP contribution in [-0.4, -0.2) is 180 Å². The van der Waals surface area contributed by atoms with Gasteiger partial charge in [0.1, 0.15) is 67.1 Å². The summed E-state index contributed by atoms with van der Waals surface area (Å²) < 4.78 is 0. The molecular formula is C18H32O20. The fourth-order valence-electron chi connectivity index (χ4n) is 3.18. The molecule has 20 heteroatoms. The summed E-state index contributed by atoms with van der Waals surface area (Å²) in [5, 5.41) is 159. The van der Waals surface area contributed by atoms with Crippen LogP contribution < -0.4 is 0 Å². The summed E-state index contributed by atoms with van der Waals surface area (Å²) >= 11 is 0. The van der Waals surface area contributed by atoms with Gasteiger partial charge in [-0.1, -0.05) is 5.04 Å². The van der Waals surface area contributed by atoms with Crippen LogP contribution in [0.15, 0.2) is 11.5 Å². The molecule has 224 valence electrons. The van der Waals surface area contributed by atoms with Crippen molar-refractivity contribution in [3.8, 4) is 0 Å². The summed E-state index contributed by atoms with van der Waals surface area (Å²) in [5.74, 6) is -5.21. The van der Waals surface area contributed by atoms with Gasteiger partial charge in [-0.05, 0) is 0 Å². The van der Waals surface area contributed by atoms with Crippen molar-refractivity contribution in [2.75, 3.05) is 6.61 Å². The molecule has 20 nitrogen and oxygen atoms in total. The normalized spacial score (nSPS) is 28.6. The number of carboxylic acids is 1. The molecule has 0 aromatic heterocycles. The minimum atomic E-state index is -2.63. The molecule has 16 N–H and O–H groups in total. The minimum Gasteiger partial charge on any atom is -0.506 e. The van der Waals surface area contributed by atoms with Crippen LogP contribution in [0.4, 0.5) is 0 Å². The zero-order valence-corrected chi connectivity index (χ0v) is 19.1. The van der Waals surface area contributed by atoms with Crippen LogP contribution in [0, 0.1) is 0 Å². The van der Waals surface area contributed by atoms with Crippen molar-refractivity contribution in [1.29, 1.82) is 0 Å². The zero-order valence-electron chi connectivity index (χ0n) is 19.1. The standard InChI is InChI=1S/C18H32O20/c19-1-2(20)3(21)4(22)5(23)7(25)10(28)13(31)16-17(37-38-36-16)14(32)11(29)8(26)6(24)9(27)12(30)15(33)18(34)35/h2-6,8-9,11-17,19-33H,1H2,(H,34,35)/b10-7+. The average molecular weight is 568 g/mol. The Morgan fingerprint density at radius 3 is 1.53 bits per heavy atom. The Labute approximate surface area is 211 Å². The fourth-order valence-corrected chi connectivity index (χ4v) is 3.18. The molecule has 1 saturated heterocycles. The lowest BCUT2D eigenvalue weighted by Crippen LogP contribution is -2.58. The molecule has 1 heterocycles. The summed E-state index contributed by atoms with van der Waals surface area (Å²) in [6.45, 7) is -1.08. The first-order chi connectivity index (χ1) is 17.5. The third kappa shape index (κ3) is 7.64. The van der Waals surface area contributed by atoms with Crippen molar-refractivity contribution in [3.63, 3.8) is 0 Å². The van der Waals surface area contributed by atoms with Crippen molar-refractivity contribution in [1.82, 2.24) is 0 Å². The first kappa shape index (κ1) is 34.2. The van der Waals surface area contributed by atoms with E-state index in [-0.39, 0.29) is 0 Å². The Balaban J connectivity index is 3.02. The van der Waals surface area contributed by atoms with Crippen LogP contribution in [0.3, 0.4) is 0 Å². The summed E-state index contributed by atoms with van der Waals surface area (Å²) in [6.07, 6.45) is -34.0. The molecule has 1 rings (SSSR count). The molecule has 0 bridgehead atoms. The number of hydrogen-bond donors (Lipinski definition) is 16. The molecular weight excluding hydrogens is 536 g/mol. The van der Waals surface area contributed by atoms with Gasteiger partial charge < -0.3 is 81.7 Å². The van der Waals surface area contributed by atoms with Crippen LogP contribution in [0.2, 0.25) is 0 Å². The highest BCUT2D eigenvalue weighted by Gasteiger charge is 2.50. The monoisotopic (exact) mass is 568 g/mol. The Morgan fingerprint density at radius 2 is 1.03 bits per heavy atom. The van der Waals surface area contributed by atoms with E-state index in [0.29, 0.717) is 0 Å². The summed E-state index contributed by atoms with van der Waals surface area (Å²) in [6, 6.07) is 0. The van der Waals surface area contributed by atoms with Gasteiger partial charge in [0.05, 0.1) is 6.61 Å². The maximum atomic E-state index is 10.7. The Bertz CT molecular complexity index is 779. The van der Waals surface area contributed by atoms with Crippen LogP contribution in [0.5, 0.6) is 0 Å². The molecule has 0 aliphatic carbocycles. The van der Waals surface area contributed by atoms with Crippen molar-refractivity contribution in [2.24, 2.45) is 0 Å². The second-order valence-corrected chi connectivity index (χ2v) is 8.31. The molecule has 14 unspecified atom stereocenters. The molecule has 0 amide bonds. The first-order valence-electron chi connectivity index (χ1n) is 10.6. The molecule has 1 fully saturated rings. The number of aliphatic hydroxyl groups is 15. The van der Waals surface area contributed by atoms with E-state index in [1.807, 2.05) is 0 Å². The topological polar surface area (TPSA) is 368 Å². The van der Waals surface area contributed by atoms with Gasteiger partial charge in [-0.3, -0.25) is 0 Å². The Kier molecular flexibility index (Phi) is 13.1. The second kappa shape index (κ2) is 14.5. The van der Waals surface area contributed by atoms with Gasteiger partial charge in [-0.15, -0.1) is 0 Å². The van der Waals surface area contributed by atoms with Gasteiger partial charge in [0.2, 0.25) is 0 Å². The highest BCUT2D eigenvalue weighted by Crippen LogP contribution is 2.28. The lowest BCUT2D eigenvalue weighted by Gasteiger charge is -2.33. The molecule has 0 spiro atoms. The summed E-state index contributed by atoms with van der Waals surface area (Å²) in [5.41, 5.74) is 0. The van der Waals surface area contributed by atoms with Crippen molar-refractivity contribution < 1.29 is 101 Å². The number of hydrogen-bond acceptors (Lipinski definition) is 19. The highest BCUT2D eigenvalue weighted by atomic mass is 17.5. The van der Waals surface area contributed by atoms with E-state index in [1.165, 1.54) is 0 Å². The van der Waals surface area contributed by atoms with E-state index in [9.17, 15) is 76.3 Å². The largest absolute Gasteiger partial charge is 0.506 e. The minimum absolute atomic E-state index is 1.08. The van der Waals surface area contributed by atoms with Crippen LogP contribution >= 0.6 is 0 Å². The summed E-state index contributed by atoms with van der Waals surface area (Å²) in [4.78, 5) is 19.6. The van der Waals surface area contributed by atoms with Crippen LogP contribution in [0.1, 0.15) is 0 Å². The third-order valence-electron chi connectivity index (χ3n) is 5.68. The molecule has 0 aromatic rings. The maximum Gasteiger partial charge on any atom is 0.335 e. The van der Waals surface area contributed by atoms with Crippen molar-refractivity contribution in [2.45, 2.75) is 85.5 Å². The Hall–Kier alpha value is -1.83. The van der Waals surface area contributed by atoms with E-state index in [0.717, 1.165) is 0 Å². The van der Waals surface area contributed by atoms with Crippen molar-refractivity contribution in [3.05, 3.63) is 11.5 Å². The third-order valence-corrected chi connectivity index (χ3v) is 5.68. The molecule has 38 heavy (non-hydrogen) atoms. The number of carboxylic acid groups (broad SMARTS) is 1. The molecule has 14 atom stereocenters. The van der Waals surface area contributed by atoms with Gasteiger partial charge in [-0.2, -0.15) is 9.78 Å². The number of aliphatic carboxylic acids is 1. The second-order valence-electron chi connectivity index (χ2n) is 8.31. The smallest absolute Gasteiger partial charge is 0.335 e. The van der Waals surface area contributed by atoms with Crippen LogP contribution in [-0.2, 0) is 19.6 Å². The first-order valence-corrected chi connectivity index (χ1v) is 10.6. The number of aliphatic hydroxyl groups excluding tert-OH is 15. The van der Waals surface area contributed by atoms with E-state index in [2.05, 4.69) is 14.8 Å². The van der Waals surface area contributed by atoms with Gasteiger partial charge in [-0.25, -0.2) is 4.79 Å². The molecule has 0 radical (unpaired) electrons. The lowest BCUT2D eigenvalue weighted by atomic mass is 9.90. The summed E-state index contributed by atoms with van der Waals surface area (Å²) in [7, 11) is 0. The van der Waals surface area contributed by atoms with Gasteiger partial charge in [0, 0.05) is 0 Å². The van der Waals surface area contributed by atoms with E-state index in [1.54, 1.807) is 0 Å². The fraction of sp³-hybridized carbons (Fsp3) is 0.833. The molecule has 0 saturated carbocycles.